The molecule has 0 radical (unpaired) electrons. The van der Waals surface area contributed by atoms with Crippen molar-refractivity contribution in [3.8, 4) is 0 Å². The fourth-order valence-corrected chi connectivity index (χ4v) is 2.14. The molecule has 0 amide bonds. The zero-order chi connectivity index (χ0) is 16.3. The molecule has 124 valence electrons. The van der Waals surface area contributed by atoms with Crippen molar-refractivity contribution in [2.24, 2.45) is 0 Å². The van der Waals surface area contributed by atoms with E-state index in [1.807, 2.05) is 18.2 Å². The number of aliphatic carboxylic acids is 1. The summed E-state index contributed by atoms with van der Waals surface area (Å²) in [6.07, 6.45) is 27.7. The van der Waals surface area contributed by atoms with Crippen molar-refractivity contribution in [2.45, 2.75) is 71.1 Å². The van der Waals surface area contributed by atoms with E-state index in [4.69, 9.17) is 5.11 Å². The van der Waals surface area contributed by atoms with Gasteiger partial charge in [0, 0.05) is 6.08 Å². The molecule has 2 heteroatoms. The molecule has 0 aliphatic rings. The molecule has 0 rings (SSSR count). The van der Waals surface area contributed by atoms with E-state index in [1.165, 1.54) is 63.9 Å². The van der Waals surface area contributed by atoms with E-state index in [2.05, 4.69) is 19.1 Å². The molecule has 2 nitrogen and oxygen atoms in total. The second-order valence-electron chi connectivity index (χ2n) is 5.51. The molecule has 0 saturated carbocycles. The highest BCUT2D eigenvalue weighted by Gasteiger charge is 1.90. The van der Waals surface area contributed by atoms with Gasteiger partial charge in [-0.25, -0.2) is 4.79 Å². The summed E-state index contributed by atoms with van der Waals surface area (Å²) < 4.78 is 0. The van der Waals surface area contributed by atoms with Gasteiger partial charge in [0.1, 0.15) is 0 Å². The van der Waals surface area contributed by atoms with E-state index in [0.29, 0.717) is 0 Å². The number of hydrogen-bond donors (Lipinski definition) is 1. The predicted molar refractivity (Wildman–Crippen MR) is 96.0 cm³/mol. The quantitative estimate of drug-likeness (QED) is 0.235. The highest BCUT2D eigenvalue weighted by Crippen LogP contribution is 2.10. The number of hydrogen-bond acceptors (Lipinski definition) is 1. The Morgan fingerprint density at radius 2 is 1.23 bits per heavy atom. The fraction of sp³-hybridized carbons (Fsp3) is 0.550. The maximum absolute atomic E-state index is 10.2. The van der Waals surface area contributed by atoms with Crippen LogP contribution in [0.1, 0.15) is 71.1 Å². The van der Waals surface area contributed by atoms with Crippen LogP contribution in [0.4, 0.5) is 0 Å². The summed E-state index contributed by atoms with van der Waals surface area (Å²) in [5.74, 6) is -0.922. The molecular formula is C20H32O2. The van der Waals surface area contributed by atoms with Crippen molar-refractivity contribution in [3.63, 3.8) is 0 Å². The van der Waals surface area contributed by atoms with Crippen molar-refractivity contribution >= 4 is 5.97 Å². The molecule has 0 aromatic rings. The lowest BCUT2D eigenvalue weighted by atomic mass is 10.1. The van der Waals surface area contributed by atoms with Gasteiger partial charge in [0.15, 0.2) is 0 Å². The summed E-state index contributed by atoms with van der Waals surface area (Å²) in [5, 5.41) is 8.39. The van der Waals surface area contributed by atoms with Crippen LogP contribution >= 0.6 is 0 Å². The number of rotatable bonds is 14. The largest absolute Gasteiger partial charge is 0.478 e. The molecule has 0 saturated heterocycles. The second-order valence-corrected chi connectivity index (χ2v) is 5.51. The Morgan fingerprint density at radius 3 is 1.82 bits per heavy atom. The predicted octanol–water partition coefficient (Wildman–Crippen LogP) is 6.22. The minimum atomic E-state index is -0.922. The molecule has 0 bridgehead atoms. The Morgan fingerprint density at radius 1 is 0.727 bits per heavy atom. The minimum Gasteiger partial charge on any atom is -0.478 e. The number of carboxylic acid groups (broad SMARTS) is 1. The van der Waals surface area contributed by atoms with Crippen LogP contribution in [0, 0.1) is 0 Å². The molecule has 1 N–H and O–H groups in total. The Bertz CT molecular complexity index is 362. The smallest absolute Gasteiger partial charge is 0.328 e. The van der Waals surface area contributed by atoms with Crippen molar-refractivity contribution < 1.29 is 9.90 Å². The monoisotopic (exact) mass is 304 g/mol. The first-order chi connectivity index (χ1) is 10.8. The third kappa shape index (κ3) is 18.4. The highest BCUT2D eigenvalue weighted by atomic mass is 16.4. The van der Waals surface area contributed by atoms with E-state index in [9.17, 15) is 4.79 Å². The third-order valence-electron chi connectivity index (χ3n) is 3.40. The molecular weight excluding hydrogens is 272 g/mol. The van der Waals surface area contributed by atoms with Crippen molar-refractivity contribution in [2.75, 3.05) is 0 Å². The van der Waals surface area contributed by atoms with Crippen molar-refractivity contribution in [3.05, 3.63) is 48.6 Å². The van der Waals surface area contributed by atoms with E-state index in [-0.39, 0.29) is 0 Å². The van der Waals surface area contributed by atoms with Crippen LogP contribution in [0.5, 0.6) is 0 Å². The first-order valence-corrected chi connectivity index (χ1v) is 8.67. The van der Waals surface area contributed by atoms with Crippen LogP contribution in [0.2, 0.25) is 0 Å². The lowest BCUT2D eigenvalue weighted by Crippen LogP contribution is -1.84. The minimum absolute atomic E-state index is 0.922. The first-order valence-electron chi connectivity index (χ1n) is 8.67. The Hall–Kier alpha value is -1.57. The molecule has 0 aliphatic carbocycles. The Labute approximate surface area is 136 Å². The van der Waals surface area contributed by atoms with Gasteiger partial charge in [-0.05, 0) is 12.8 Å². The van der Waals surface area contributed by atoms with Crippen molar-refractivity contribution in [1.82, 2.24) is 0 Å². The van der Waals surface area contributed by atoms with E-state index in [1.54, 1.807) is 6.08 Å². The van der Waals surface area contributed by atoms with E-state index >= 15 is 0 Å². The molecule has 0 aromatic carbocycles. The van der Waals surface area contributed by atoms with Gasteiger partial charge in [-0.2, -0.15) is 0 Å². The van der Waals surface area contributed by atoms with Crippen molar-refractivity contribution in [1.29, 1.82) is 0 Å². The number of allylic oxidation sites excluding steroid dienone is 7. The van der Waals surface area contributed by atoms with Crippen LogP contribution in [0.25, 0.3) is 0 Å². The van der Waals surface area contributed by atoms with Crippen LogP contribution < -0.4 is 0 Å². The number of unbranched alkanes of at least 4 members (excludes halogenated alkanes) is 9. The number of carboxylic acids is 1. The highest BCUT2D eigenvalue weighted by molar-refractivity contribution is 5.80. The third-order valence-corrected chi connectivity index (χ3v) is 3.40. The number of carbonyl (C=O) groups is 1. The summed E-state index contributed by atoms with van der Waals surface area (Å²) in [6, 6.07) is 0. The Kier molecular flexibility index (Phi) is 16.2. The normalized spacial score (nSPS) is 12.4. The van der Waals surface area contributed by atoms with Gasteiger partial charge in [-0.1, -0.05) is 101 Å². The summed E-state index contributed by atoms with van der Waals surface area (Å²) in [5.41, 5.74) is 0. The topological polar surface area (TPSA) is 37.3 Å². The van der Waals surface area contributed by atoms with E-state index in [0.717, 1.165) is 12.5 Å². The molecule has 0 fully saturated rings. The zero-order valence-electron chi connectivity index (χ0n) is 14.0. The standard InChI is InChI=1S/C20H32O2/c1-2-3-4-5-6-7-8-9-10-11-12-13-14-15-16-17-18-19-20(21)22/h12-19H,2-11H2,1H3,(H,21,22)/b13-12?,15-14?,17-16+,19-18-. The molecule has 0 atom stereocenters. The van der Waals surface area contributed by atoms with Gasteiger partial charge in [0.05, 0.1) is 0 Å². The van der Waals surface area contributed by atoms with Gasteiger partial charge in [0.25, 0.3) is 0 Å². The van der Waals surface area contributed by atoms with Crippen LogP contribution in [-0.4, -0.2) is 11.1 Å². The summed E-state index contributed by atoms with van der Waals surface area (Å²) in [7, 11) is 0. The molecule has 0 unspecified atom stereocenters. The zero-order valence-corrected chi connectivity index (χ0v) is 14.0. The average Bonchev–Trinajstić information content (AvgIpc) is 2.50. The van der Waals surface area contributed by atoms with Crippen LogP contribution in [0.15, 0.2) is 48.6 Å². The first kappa shape index (κ1) is 20.4. The summed E-state index contributed by atoms with van der Waals surface area (Å²) >= 11 is 0. The summed E-state index contributed by atoms with van der Waals surface area (Å²) in [6.45, 7) is 2.26. The summed E-state index contributed by atoms with van der Waals surface area (Å²) in [4.78, 5) is 10.2. The van der Waals surface area contributed by atoms with E-state index < -0.39 is 5.97 Å². The molecule has 0 spiro atoms. The molecule has 22 heavy (non-hydrogen) atoms. The van der Waals surface area contributed by atoms with Gasteiger partial charge in [-0.15, -0.1) is 0 Å². The lowest BCUT2D eigenvalue weighted by Gasteiger charge is -2.00. The maximum Gasteiger partial charge on any atom is 0.328 e. The molecule has 0 heterocycles. The SMILES string of the molecule is CCCCCCCCCCCC=CC=C/C=C/C=C\C(=O)O. The van der Waals surface area contributed by atoms with Gasteiger partial charge in [-0.3, -0.25) is 0 Å². The maximum atomic E-state index is 10.2. The van der Waals surface area contributed by atoms with Gasteiger partial charge < -0.3 is 5.11 Å². The Balaban J connectivity index is 3.35. The second kappa shape index (κ2) is 17.5. The van der Waals surface area contributed by atoms with Gasteiger partial charge in [0.2, 0.25) is 0 Å². The van der Waals surface area contributed by atoms with Gasteiger partial charge >= 0.3 is 5.97 Å². The van der Waals surface area contributed by atoms with Crippen LogP contribution in [0.3, 0.4) is 0 Å². The molecule has 0 aromatic heterocycles. The molecule has 0 aliphatic heterocycles. The van der Waals surface area contributed by atoms with Crippen LogP contribution in [-0.2, 0) is 4.79 Å². The fourth-order valence-electron chi connectivity index (χ4n) is 2.14. The average molecular weight is 304 g/mol. The lowest BCUT2D eigenvalue weighted by molar-refractivity contribution is -0.131.